The van der Waals surface area contributed by atoms with Crippen LogP contribution in [-0.2, 0) is 16.1 Å². The number of carbonyl (C=O) groups excluding carboxylic acids is 2. The second-order valence-electron chi connectivity index (χ2n) is 7.67. The number of nitrogens with one attached hydrogen (secondary N) is 1. The molecule has 0 saturated carbocycles. The van der Waals surface area contributed by atoms with Gasteiger partial charge in [0.15, 0.2) is 11.0 Å². The van der Waals surface area contributed by atoms with Gasteiger partial charge in [0.05, 0.1) is 12.3 Å². The Hall–Kier alpha value is -2.39. The summed E-state index contributed by atoms with van der Waals surface area (Å²) in [5.74, 6) is 1.31. The summed E-state index contributed by atoms with van der Waals surface area (Å²) in [6, 6.07) is 8.21. The molecule has 0 aliphatic carbocycles. The van der Waals surface area contributed by atoms with Crippen LogP contribution in [0.3, 0.4) is 0 Å². The minimum atomic E-state index is 0.0427. The number of amides is 2. The average Bonchev–Trinajstić information content (AvgIpc) is 3.03. The van der Waals surface area contributed by atoms with Gasteiger partial charge < -0.3 is 14.8 Å². The monoisotopic (exact) mass is 444 g/mol. The normalized spacial score (nSPS) is 15.0. The second-order valence-corrected chi connectivity index (χ2v) is 8.62. The maximum absolute atomic E-state index is 12.8. The van der Waals surface area contributed by atoms with E-state index in [9.17, 15) is 9.59 Å². The van der Waals surface area contributed by atoms with E-state index < -0.39 is 0 Å². The Morgan fingerprint density at radius 3 is 2.71 bits per heavy atom. The Balaban J connectivity index is 1.57. The van der Waals surface area contributed by atoms with E-state index in [2.05, 4.69) is 51.0 Å². The van der Waals surface area contributed by atoms with Crippen molar-refractivity contribution >= 4 is 23.6 Å². The molecule has 0 radical (unpaired) electrons. The summed E-state index contributed by atoms with van der Waals surface area (Å²) in [4.78, 5) is 28.7. The van der Waals surface area contributed by atoms with Crippen LogP contribution in [0, 0.1) is 6.92 Å². The van der Waals surface area contributed by atoms with Gasteiger partial charge in [0, 0.05) is 44.8 Å². The standard InChI is InChI=1S/C22H32N6O2S/c1-4-23-19(29)15-26-10-7-11-27(13-12-26)20(30)16-31-22-25-24-21(28(22)5-2)18-9-6-8-17(3)14-18/h6,8-9,14H,4-5,7,10-13,15-16H2,1-3H3,(H,23,29). The maximum Gasteiger partial charge on any atom is 0.234 e. The van der Waals surface area contributed by atoms with Crippen molar-refractivity contribution in [2.75, 3.05) is 45.0 Å². The highest BCUT2D eigenvalue weighted by atomic mass is 32.2. The first-order valence-corrected chi connectivity index (χ1v) is 11.9. The highest BCUT2D eigenvalue weighted by Gasteiger charge is 2.22. The number of likely N-dealkylation sites (N-methyl/N-ethyl adjacent to an activating group) is 1. The molecule has 0 bridgehead atoms. The molecule has 168 valence electrons. The summed E-state index contributed by atoms with van der Waals surface area (Å²) in [6.07, 6.45) is 0.873. The molecule has 8 nitrogen and oxygen atoms in total. The molecule has 1 saturated heterocycles. The molecule has 1 aliphatic heterocycles. The Kier molecular flexibility index (Phi) is 8.48. The number of benzene rings is 1. The first-order valence-electron chi connectivity index (χ1n) is 10.9. The third-order valence-electron chi connectivity index (χ3n) is 5.32. The first kappa shape index (κ1) is 23.3. The van der Waals surface area contributed by atoms with Crippen LogP contribution in [0.25, 0.3) is 11.4 Å². The summed E-state index contributed by atoms with van der Waals surface area (Å²) in [6.45, 7) is 10.7. The lowest BCUT2D eigenvalue weighted by Gasteiger charge is -2.21. The molecular formula is C22H32N6O2S. The summed E-state index contributed by atoms with van der Waals surface area (Å²) in [5.41, 5.74) is 2.21. The van der Waals surface area contributed by atoms with E-state index in [1.54, 1.807) is 0 Å². The van der Waals surface area contributed by atoms with Crippen LogP contribution in [-0.4, -0.2) is 81.4 Å². The van der Waals surface area contributed by atoms with Crippen LogP contribution in [0.2, 0.25) is 0 Å². The van der Waals surface area contributed by atoms with Crippen molar-refractivity contribution in [1.82, 2.24) is 29.9 Å². The molecule has 3 rings (SSSR count). The van der Waals surface area contributed by atoms with Crippen molar-refractivity contribution in [3.05, 3.63) is 29.8 Å². The predicted octanol–water partition coefficient (Wildman–Crippen LogP) is 2.04. The van der Waals surface area contributed by atoms with Crippen molar-refractivity contribution in [3.8, 4) is 11.4 Å². The summed E-state index contributed by atoms with van der Waals surface area (Å²) < 4.78 is 2.06. The maximum atomic E-state index is 12.8. The van der Waals surface area contributed by atoms with Crippen LogP contribution >= 0.6 is 11.8 Å². The van der Waals surface area contributed by atoms with Gasteiger partial charge in [-0.25, -0.2) is 0 Å². The zero-order valence-electron chi connectivity index (χ0n) is 18.6. The van der Waals surface area contributed by atoms with Crippen LogP contribution in [0.1, 0.15) is 25.8 Å². The Morgan fingerprint density at radius 2 is 1.97 bits per heavy atom. The molecule has 0 atom stereocenters. The molecule has 1 N–H and O–H groups in total. The van der Waals surface area contributed by atoms with Gasteiger partial charge in [-0.15, -0.1) is 10.2 Å². The first-order chi connectivity index (χ1) is 15.0. The predicted molar refractivity (Wildman–Crippen MR) is 123 cm³/mol. The summed E-state index contributed by atoms with van der Waals surface area (Å²) >= 11 is 1.44. The SMILES string of the molecule is CCNC(=O)CN1CCCN(C(=O)CSc2nnc(-c3cccc(C)c3)n2CC)CC1. The quantitative estimate of drug-likeness (QED) is 0.628. The Labute approximate surface area is 188 Å². The number of hydrogen-bond acceptors (Lipinski definition) is 6. The average molecular weight is 445 g/mol. The molecular weight excluding hydrogens is 412 g/mol. The largest absolute Gasteiger partial charge is 0.355 e. The van der Waals surface area contributed by atoms with Gasteiger partial charge in [-0.05, 0) is 33.3 Å². The number of aromatic nitrogens is 3. The number of rotatable bonds is 8. The molecule has 2 aromatic rings. The van der Waals surface area contributed by atoms with E-state index in [1.807, 2.05) is 24.0 Å². The highest BCUT2D eigenvalue weighted by molar-refractivity contribution is 7.99. The van der Waals surface area contributed by atoms with Gasteiger partial charge in [0.2, 0.25) is 11.8 Å². The molecule has 2 amide bonds. The number of thioether (sulfide) groups is 1. The van der Waals surface area contributed by atoms with Crippen molar-refractivity contribution in [1.29, 1.82) is 0 Å². The topological polar surface area (TPSA) is 83.4 Å². The zero-order valence-corrected chi connectivity index (χ0v) is 19.5. The fraction of sp³-hybridized carbons (Fsp3) is 0.545. The highest BCUT2D eigenvalue weighted by Crippen LogP contribution is 2.25. The van der Waals surface area contributed by atoms with Crippen molar-refractivity contribution in [2.24, 2.45) is 0 Å². The van der Waals surface area contributed by atoms with Crippen LogP contribution in [0.15, 0.2) is 29.4 Å². The smallest absolute Gasteiger partial charge is 0.234 e. The fourth-order valence-corrected chi connectivity index (χ4v) is 4.64. The van der Waals surface area contributed by atoms with E-state index in [0.29, 0.717) is 25.4 Å². The van der Waals surface area contributed by atoms with Crippen molar-refractivity contribution in [3.63, 3.8) is 0 Å². The minimum absolute atomic E-state index is 0.0427. The van der Waals surface area contributed by atoms with E-state index in [1.165, 1.54) is 17.3 Å². The molecule has 0 unspecified atom stereocenters. The number of carbonyl (C=O) groups is 2. The fourth-order valence-electron chi connectivity index (χ4n) is 3.73. The van der Waals surface area contributed by atoms with E-state index in [0.717, 1.165) is 49.1 Å². The Bertz CT molecular complexity index is 900. The van der Waals surface area contributed by atoms with Gasteiger partial charge in [0.25, 0.3) is 0 Å². The van der Waals surface area contributed by atoms with Gasteiger partial charge in [-0.1, -0.05) is 35.5 Å². The molecule has 2 heterocycles. The van der Waals surface area contributed by atoms with E-state index >= 15 is 0 Å². The number of aryl methyl sites for hydroxylation is 1. The van der Waals surface area contributed by atoms with Crippen LogP contribution < -0.4 is 5.32 Å². The van der Waals surface area contributed by atoms with Gasteiger partial charge >= 0.3 is 0 Å². The minimum Gasteiger partial charge on any atom is -0.355 e. The van der Waals surface area contributed by atoms with Gasteiger partial charge in [-0.2, -0.15) is 0 Å². The lowest BCUT2D eigenvalue weighted by molar-refractivity contribution is -0.128. The molecule has 1 aliphatic rings. The number of nitrogens with zero attached hydrogens (tertiary/aromatic N) is 5. The van der Waals surface area contributed by atoms with Gasteiger partial charge in [0.1, 0.15) is 0 Å². The van der Waals surface area contributed by atoms with Crippen LogP contribution in [0.5, 0.6) is 0 Å². The lowest BCUT2D eigenvalue weighted by atomic mass is 10.1. The van der Waals surface area contributed by atoms with Crippen molar-refractivity contribution in [2.45, 2.75) is 38.9 Å². The molecule has 1 aromatic heterocycles. The van der Waals surface area contributed by atoms with E-state index in [4.69, 9.17) is 0 Å². The zero-order chi connectivity index (χ0) is 22.2. The van der Waals surface area contributed by atoms with Crippen LogP contribution in [0.4, 0.5) is 0 Å². The Morgan fingerprint density at radius 1 is 1.13 bits per heavy atom. The number of hydrogen-bond donors (Lipinski definition) is 1. The summed E-state index contributed by atoms with van der Waals surface area (Å²) in [5, 5.41) is 12.3. The molecule has 0 spiro atoms. The summed E-state index contributed by atoms with van der Waals surface area (Å²) in [7, 11) is 0. The molecule has 1 fully saturated rings. The second kappa shape index (κ2) is 11.3. The third kappa shape index (κ3) is 6.30. The molecule has 31 heavy (non-hydrogen) atoms. The molecule has 9 heteroatoms. The third-order valence-corrected chi connectivity index (χ3v) is 6.27. The van der Waals surface area contributed by atoms with E-state index in [-0.39, 0.29) is 11.8 Å². The molecule has 1 aromatic carbocycles. The van der Waals surface area contributed by atoms with Crippen molar-refractivity contribution < 1.29 is 9.59 Å². The lowest BCUT2D eigenvalue weighted by Crippen LogP contribution is -2.40. The van der Waals surface area contributed by atoms with Gasteiger partial charge in [-0.3, -0.25) is 14.5 Å².